The zero-order chi connectivity index (χ0) is 14.1. The van der Waals surface area contributed by atoms with E-state index in [1.165, 1.54) is 13.1 Å². The lowest BCUT2D eigenvalue weighted by Crippen LogP contribution is -2.25. The van der Waals surface area contributed by atoms with Gasteiger partial charge >= 0.3 is 5.97 Å². The third kappa shape index (κ3) is 2.74. The number of benzene rings is 1. The number of carboxylic acids is 1. The minimum Gasteiger partial charge on any atom is -0.477 e. The molecule has 0 fully saturated rings. The van der Waals surface area contributed by atoms with E-state index in [0.29, 0.717) is 0 Å². The second-order valence-electron chi connectivity index (χ2n) is 3.49. The van der Waals surface area contributed by atoms with E-state index in [0.717, 1.165) is 22.7 Å². The van der Waals surface area contributed by atoms with Crippen LogP contribution in [0.25, 0.3) is 0 Å². The number of nitro benzene ring substituents is 1. The van der Waals surface area contributed by atoms with Crippen LogP contribution >= 0.6 is 0 Å². The molecule has 8 nitrogen and oxygen atoms in total. The van der Waals surface area contributed by atoms with Gasteiger partial charge in [-0.25, -0.2) is 13.2 Å². The van der Waals surface area contributed by atoms with Crippen LogP contribution in [0.2, 0.25) is 0 Å². The molecule has 0 aliphatic carbocycles. The topological polar surface area (TPSA) is 118 Å². The first-order chi connectivity index (χ1) is 8.14. The van der Waals surface area contributed by atoms with E-state index in [-0.39, 0.29) is 5.69 Å². The maximum absolute atomic E-state index is 11.3. The fourth-order valence-corrected chi connectivity index (χ4v) is 1.74. The van der Waals surface area contributed by atoms with Crippen LogP contribution in [-0.4, -0.2) is 37.7 Å². The Hall–Kier alpha value is -2.16. The van der Waals surface area contributed by atoms with Crippen molar-refractivity contribution in [2.45, 2.75) is 0 Å². The van der Waals surface area contributed by atoms with Gasteiger partial charge in [0.15, 0.2) is 0 Å². The van der Waals surface area contributed by atoms with Crippen molar-refractivity contribution in [3.8, 4) is 0 Å². The second-order valence-corrected chi connectivity index (χ2v) is 5.51. The molecule has 1 N–H and O–H groups in total. The first kappa shape index (κ1) is 13.9. The quantitative estimate of drug-likeness (QED) is 0.637. The Morgan fingerprint density at radius 1 is 1.44 bits per heavy atom. The largest absolute Gasteiger partial charge is 0.477 e. The molecular formula is C9H10N2O6S. The van der Waals surface area contributed by atoms with Crippen molar-refractivity contribution >= 4 is 27.4 Å². The monoisotopic (exact) mass is 274 g/mol. The first-order valence-electron chi connectivity index (χ1n) is 4.60. The molecule has 18 heavy (non-hydrogen) atoms. The Labute approximate surface area is 103 Å². The molecule has 0 unspecified atom stereocenters. The number of carbonyl (C=O) groups is 1. The van der Waals surface area contributed by atoms with Crippen LogP contribution in [0, 0.1) is 10.1 Å². The molecule has 0 saturated carbocycles. The van der Waals surface area contributed by atoms with Crippen LogP contribution in [0.3, 0.4) is 0 Å². The van der Waals surface area contributed by atoms with E-state index in [4.69, 9.17) is 5.11 Å². The van der Waals surface area contributed by atoms with Gasteiger partial charge in [0.25, 0.3) is 5.69 Å². The van der Waals surface area contributed by atoms with Crippen LogP contribution in [0.4, 0.5) is 11.4 Å². The van der Waals surface area contributed by atoms with Crippen molar-refractivity contribution in [2.75, 3.05) is 17.6 Å². The molecule has 0 amide bonds. The third-order valence-electron chi connectivity index (χ3n) is 2.27. The van der Waals surface area contributed by atoms with Crippen molar-refractivity contribution in [3.63, 3.8) is 0 Å². The molecule has 1 rings (SSSR count). The number of hydrogen-bond acceptors (Lipinski definition) is 5. The molecular weight excluding hydrogens is 264 g/mol. The summed E-state index contributed by atoms with van der Waals surface area (Å²) in [5, 5.41) is 19.5. The van der Waals surface area contributed by atoms with Gasteiger partial charge in [0.2, 0.25) is 10.0 Å². The number of sulfonamides is 1. The lowest BCUT2D eigenvalue weighted by molar-refractivity contribution is -0.385. The summed E-state index contributed by atoms with van der Waals surface area (Å²) in [4.78, 5) is 20.6. The summed E-state index contributed by atoms with van der Waals surface area (Å²) in [6, 6.07) is 3.10. The summed E-state index contributed by atoms with van der Waals surface area (Å²) in [6.07, 6.45) is 0.934. The molecule has 1 aromatic carbocycles. The van der Waals surface area contributed by atoms with Crippen LogP contribution in [0.15, 0.2) is 18.2 Å². The molecule has 98 valence electrons. The predicted molar refractivity (Wildman–Crippen MR) is 63.3 cm³/mol. The van der Waals surface area contributed by atoms with Gasteiger partial charge in [0.05, 0.1) is 16.9 Å². The minimum atomic E-state index is -3.57. The molecule has 0 bridgehead atoms. The zero-order valence-electron chi connectivity index (χ0n) is 9.52. The maximum atomic E-state index is 11.3. The standard InChI is InChI=1S/C9H10N2O6S/c1-10(18(2,16)17)6-3-4-7(9(12)13)8(5-6)11(14)15/h3-5H,1-2H3,(H,12,13). The molecule has 0 atom stereocenters. The molecule has 1 aromatic rings. The van der Waals surface area contributed by atoms with Crippen LogP contribution in [0.5, 0.6) is 0 Å². The lowest BCUT2D eigenvalue weighted by atomic mass is 10.1. The molecule has 0 saturated heterocycles. The van der Waals surface area contributed by atoms with Gasteiger partial charge in [-0.2, -0.15) is 0 Å². The number of aromatic carboxylic acids is 1. The number of anilines is 1. The highest BCUT2D eigenvalue weighted by molar-refractivity contribution is 7.92. The van der Waals surface area contributed by atoms with E-state index >= 15 is 0 Å². The van der Waals surface area contributed by atoms with Crippen molar-refractivity contribution in [2.24, 2.45) is 0 Å². The summed E-state index contributed by atoms with van der Waals surface area (Å²) in [7, 11) is -2.35. The van der Waals surface area contributed by atoms with Crippen molar-refractivity contribution in [1.82, 2.24) is 0 Å². The van der Waals surface area contributed by atoms with Gasteiger partial charge in [-0.05, 0) is 12.1 Å². The van der Waals surface area contributed by atoms with Gasteiger partial charge in [-0.15, -0.1) is 0 Å². The van der Waals surface area contributed by atoms with Gasteiger partial charge in [0, 0.05) is 13.1 Å². The molecule has 0 heterocycles. The zero-order valence-corrected chi connectivity index (χ0v) is 10.3. The fraction of sp³-hybridized carbons (Fsp3) is 0.222. The van der Waals surface area contributed by atoms with E-state index in [9.17, 15) is 23.3 Å². The SMILES string of the molecule is CN(c1ccc(C(=O)O)c([N+](=O)[O-])c1)S(C)(=O)=O. The van der Waals surface area contributed by atoms with E-state index in [2.05, 4.69) is 0 Å². The van der Waals surface area contributed by atoms with E-state index in [1.807, 2.05) is 0 Å². The van der Waals surface area contributed by atoms with Crippen LogP contribution < -0.4 is 4.31 Å². The average molecular weight is 274 g/mol. The predicted octanol–water partition coefficient (Wildman–Crippen LogP) is 0.689. The number of nitrogens with zero attached hydrogens (tertiary/aromatic N) is 2. The summed E-state index contributed by atoms with van der Waals surface area (Å²) < 4.78 is 23.4. The number of hydrogen-bond donors (Lipinski definition) is 1. The third-order valence-corrected chi connectivity index (χ3v) is 3.48. The average Bonchev–Trinajstić information content (AvgIpc) is 2.25. The molecule has 0 aromatic heterocycles. The van der Waals surface area contributed by atoms with Crippen molar-refractivity contribution in [1.29, 1.82) is 0 Å². The minimum absolute atomic E-state index is 0.0224. The van der Waals surface area contributed by atoms with Crippen molar-refractivity contribution < 1.29 is 23.2 Å². The van der Waals surface area contributed by atoms with Gasteiger partial charge in [-0.1, -0.05) is 0 Å². The summed E-state index contributed by atoms with van der Waals surface area (Å²) in [6.45, 7) is 0. The number of nitro groups is 1. The highest BCUT2D eigenvalue weighted by atomic mass is 32.2. The van der Waals surface area contributed by atoms with Gasteiger partial charge < -0.3 is 5.11 Å². The molecule has 0 spiro atoms. The molecule has 0 aliphatic rings. The Kier molecular flexibility index (Phi) is 3.56. The lowest BCUT2D eigenvalue weighted by Gasteiger charge is -2.16. The Balaban J connectivity index is 3.41. The van der Waals surface area contributed by atoms with Crippen molar-refractivity contribution in [3.05, 3.63) is 33.9 Å². The highest BCUT2D eigenvalue weighted by Gasteiger charge is 2.22. The molecule has 9 heteroatoms. The van der Waals surface area contributed by atoms with Crippen LogP contribution in [0.1, 0.15) is 10.4 Å². The first-order valence-corrected chi connectivity index (χ1v) is 6.45. The smallest absolute Gasteiger partial charge is 0.342 e. The summed E-state index contributed by atoms with van der Waals surface area (Å²) >= 11 is 0. The number of carboxylic acid groups (broad SMARTS) is 1. The molecule has 0 radical (unpaired) electrons. The van der Waals surface area contributed by atoms with E-state index < -0.39 is 32.2 Å². The maximum Gasteiger partial charge on any atom is 0.342 e. The molecule has 0 aliphatic heterocycles. The highest BCUT2D eigenvalue weighted by Crippen LogP contribution is 2.26. The Morgan fingerprint density at radius 2 is 2.00 bits per heavy atom. The van der Waals surface area contributed by atoms with Crippen LogP contribution in [-0.2, 0) is 10.0 Å². The second kappa shape index (κ2) is 4.61. The fourth-order valence-electron chi connectivity index (χ4n) is 1.24. The number of rotatable bonds is 4. The Morgan fingerprint density at radius 3 is 2.39 bits per heavy atom. The Bertz CT molecular complexity index is 609. The summed E-state index contributed by atoms with van der Waals surface area (Å²) in [5.41, 5.74) is -1.13. The van der Waals surface area contributed by atoms with Gasteiger partial charge in [-0.3, -0.25) is 14.4 Å². The normalized spacial score (nSPS) is 11.0. The summed E-state index contributed by atoms with van der Waals surface area (Å²) in [5.74, 6) is -1.45. The van der Waals surface area contributed by atoms with Gasteiger partial charge in [0.1, 0.15) is 5.56 Å². The van der Waals surface area contributed by atoms with E-state index in [1.54, 1.807) is 0 Å².